The Balaban J connectivity index is 1.51. The Bertz CT molecular complexity index is 1350. The van der Waals surface area contributed by atoms with Crippen LogP contribution in [0.15, 0.2) is 30.7 Å². The molecule has 1 aliphatic heterocycles. The van der Waals surface area contributed by atoms with Gasteiger partial charge in [-0.2, -0.15) is 15.0 Å². The molecular formula is C22H26N8O3S. The number of rotatable bonds is 7. The highest BCUT2D eigenvalue weighted by Crippen LogP contribution is 2.22. The van der Waals surface area contributed by atoms with Crippen LogP contribution in [0.4, 0.5) is 5.69 Å². The van der Waals surface area contributed by atoms with Gasteiger partial charge in [0.25, 0.3) is 5.91 Å². The van der Waals surface area contributed by atoms with E-state index in [2.05, 4.69) is 31.8 Å². The lowest BCUT2D eigenvalue weighted by Crippen LogP contribution is -2.43. The first kappa shape index (κ1) is 23.6. The second-order valence-electron chi connectivity index (χ2n) is 8.44. The molecule has 11 nitrogen and oxygen atoms in total. The van der Waals surface area contributed by atoms with Crippen molar-refractivity contribution in [3.8, 4) is 11.9 Å². The number of aromatic nitrogens is 4. The van der Waals surface area contributed by atoms with Crippen LogP contribution in [0.2, 0.25) is 0 Å². The Morgan fingerprint density at radius 2 is 1.94 bits per heavy atom. The summed E-state index contributed by atoms with van der Waals surface area (Å²) in [6.45, 7) is 5.89. The van der Waals surface area contributed by atoms with E-state index in [0.29, 0.717) is 59.8 Å². The molecule has 3 aromatic heterocycles. The summed E-state index contributed by atoms with van der Waals surface area (Å²) in [5.74, 6) is 0.531. The van der Waals surface area contributed by atoms with Crippen molar-refractivity contribution < 1.29 is 13.2 Å². The minimum absolute atomic E-state index is 0.0720. The number of carbonyl (C=O) groups excluding carboxylic acids is 1. The summed E-state index contributed by atoms with van der Waals surface area (Å²) in [5, 5.41) is 20.3. The summed E-state index contributed by atoms with van der Waals surface area (Å²) in [6.07, 6.45) is 4.60. The number of amides is 1. The van der Waals surface area contributed by atoms with Gasteiger partial charge < -0.3 is 10.6 Å². The van der Waals surface area contributed by atoms with Gasteiger partial charge in [0.1, 0.15) is 6.07 Å². The lowest BCUT2D eigenvalue weighted by molar-refractivity contribution is 0.0949. The van der Waals surface area contributed by atoms with Crippen molar-refractivity contribution in [1.82, 2.24) is 30.0 Å². The van der Waals surface area contributed by atoms with Crippen molar-refractivity contribution in [2.45, 2.75) is 19.9 Å². The summed E-state index contributed by atoms with van der Waals surface area (Å²) < 4.78 is 24.7. The number of pyridine rings is 2. The summed E-state index contributed by atoms with van der Waals surface area (Å²) in [5.41, 5.74) is 2.01. The zero-order valence-corrected chi connectivity index (χ0v) is 19.8. The Morgan fingerprint density at radius 3 is 2.65 bits per heavy atom. The molecule has 0 bridgehead atoms. The lowest BCUT2D eigenvalue weighted by Gasteiger charge is -2.26. The molecule has 4 heterocycles. The molecule has 0 aromatic carbocycles. The van der Waals surface area contributed by atoms with Crippen LogP contribution in [0.3, 0.4) is 0 Å². The number of carbonyl (C=O) groups is 1. The van der Waals surface area contributed by atoms with Gasteiger partial charge in [0.05, 0.1) is 34.5 Å². The molecule has 0 radical (unpaired) electrons. The largest absolute Gasteiger partial charge is 0.382 e. The van der Waals surface area contributed by atoms with E-state index < -0.39 is 9.84 Å². The van der Waals surface area contributed by atoms with E-state index in [9.17, 15) is 13.2 Å². The van der Waals surface area contributed by atoms with E-state index >= 15 is 0 Å². The highest BCUT2D eigenvalue weighted by Gasteiger charge is 2.22. The predicted octanol–water partition coefficient (Wildman–Crippen LogP) is 0.968. The maximum Gasteiger partial charge on any atom is 0.255 e. The van der Waals surface area contributed by atoms with E-state index in [-0.39, 0.29) is 23.5 Å². The number of nitrogens with zero attached hydrogens (tertiary/aromatic N) is 6. The number of hydrogen-bond acceptors (Lipinski definition) is 9. The summed E-state index contributed by atoms with van der Waals surface area (Å²) in [4.78, 5) is 23.7. The Morgan fingerprint density at radius 1 is 1.18 bits per heavy atom. The SMILES string of the molecule is CC(C)Nc1cc(-n2ncc3cc(C#N)cnc32)ncc1C(=O)NCCN1CCS(=O)(=O)CC1. The van der Waals surface area contributed by atoms with Gasteiger partial charge >= 0.3 is 0 Å². The number of sulfone groups is 1. The molecular weight excluding hydrogens is 456 g/mol. The van der Waals surface area contributed by atoms with Crippen molar-refractivity contribution in [2.75, 3.05) is 43.0 Å². The third kappa shape index (κ3) is 5.32. The van der Waals surface area contributed by atoms with Crippen molar-refractivity contribution in [3.05, 3.63) is 41.9 Å². The quantitative estimate of drug-likeness (QED) is 0.503. The zero-order valence-electron chi connectivity index (χ0n) is 19.0. The molecule has 0 spiro atoms. The molecule has 0 saturated carbocycles. The second kappa shape index (κ2) is 9.74. The first-order chi connectivity index (χ1) is 16.3. The van der Waals surface area contributed by atoms with Crippen molar-refractivity contribution in [3.63, 3.8) is 0 Å². The maximum atomic E-state index is 12.9. The highest BCUT2D eigenvalue weighted by atomic mass is 32.2. The molecule has 0 unspecified atom stereocenters. The molecule has 0 aliphatic carbocycles. The van der Waals surface area contributed by atoms with Crippen LogP contribution in [-0.2, 0) is 9.84 Å². The number of nitrogens with one attached hydrogen (secondary N) is 2. The molecule has 178 valence electrons. The van der Waals surface area contributed by atoms with Gasteiger partial charge in [0, 0.05) is 56.1 Å². The van der Waals surface area contributed by atoms with Crippen LogP contribution in [0.1, 0.15) is 29.8 Å². The summed E-state index contributed by atoms with van der Waals surface area (Å²) in [7, 11) is -2.93. The Hall–Kier alpha value is -3.56. The van der Waals surface area contributed by atoms with Crippen LogP contribution in [0.25, 0.3) is 16.9 Å². The maximum absolute atomic E-state index is 12.9. The van der Waals surface area contributed by atoms with Crippen molar-refractivity contribution >= 4 is 32.5 Å². The van der Waals surface area contributed by atoms with Gasteiger partial charge in [0.2, 0.25) is 0 Å². The highest BCUT2D eigenvalue weighted by molar-refractivity contribution is 7.91. The van der Waals surface area contributed by atoms with Crippen LogP contribution >= 0.6 is 0 Å². The van der Waals surface area contributed by atoms with E-state index in [4.69, 9.17) is 5.26 Å². The van der Waals surface area contributed by atoms with Crippen LogP contribution in [-0.4, -0.2) is 82.7 Å². The van der Waals surface area contributed by atoms with Gasteiger partial charge in [-0.05, 0) is 19.9 Å². The number of hydrogen-bond donors (Lipinski definition) is 2. The topological polar surface area (TPSA) is 146 Å². The van der Waals surface area contributed by atoms with Crippen LogP contribution in [0, 0.1) is 11.3 Å². The predicted molar refractivity (Wildman–Crippen MR) is 128 cm³/mol. The zero-order chi connectivity index (χ0) is 24.3. The van der Waals surface area contributed by atoms with Crippen LogP contribution in [0.5, 0.6) is 0 Å². The molecule has 3 aromatic rings. The van der Waals surface area contributed by atoms with E-state index in [1.807, 2.05) is 18.7 Å². The normalized spacial score (nSPS) is 15.8. The minimum atomic E-state index is -2.93. The Labute approximate surface area is 197 Å². The second-order valence-corrected chi connectivity index (χ2v) is 10.7. The summed E-state index contributed by atoms with van der Waals surface area (Å²) in [6, 6.07) is 5.59. The summed E-state index contributed by atoms with van der Waals surface area (Å²) >= 11 is 0. The molecule has 0 atom stereocenters. The number of fused-ring (bicyclic) bond motifs is 1. The molecule has 2 N–H and O–H groups in total. The molecule has 34 heavy (non-hydrogen) atoms. The minimum Gasteiger partial charge on any atom is -0.382 e. The molecule has 1 amide bonds. The fraction of sp³-hybridized carbons (Fsp3) is 0.409. The van der Waals surface area contributed by atoms with Crippen molar-refractivity contribution in [2.24, 2.45) is 0 Å². The van der Waals surface area contributed by atoms with Crippen molar-refractivity contribution in [1.29, 1.82) is 5.26 Å². The standard InChI is InChI=1S/C22H26N8O3S/c1-15(2)28-19-10-20(30-21-17(13-27-30)9-16(11-23)12-26-21)25-14-18(19)22(31)24-3-4-29-5-7-34(32,33)8-6-29/h9-10,12-15H,3-8H2,1-2H3,(H,24,31)(H,25,28). The molecule has 1 fully saturated rings. The van der Waals surface area contributed by atoms with Gasteiger partial charge in [0.15, 0.2) is 21.3 Å². The molecule has 12 heteroatoms. The van der Waals surface area contributed by atoms with E-state index in [0.717, 1.165) is 0 Å². The average molecular weight is 483 g/mol. The van der Waals surface area contributed by atoms with Gasteiger partial charge in [-0.25, -0.2) is 18.4 Å². The average Bonchev–Trinajstić information content (AvgIpc) is 3.22. The van der Waals surface area contributed by atoms with Gasteiger partial charge in [-0.1, -0.05) is 0 Å². The van der Waals surface area contributed by atoms with Gasteiger partial charge in [-0.15, -0.1) is 0 Å². The Kier molecular flexibility index (Phi) is 6.76. The third-order valence-corrected chi connectivity index (χ3v) is 7.09. The third-order valence-electron chi connectivity index (χ3n) is 5.48. The number of anilines is 1. The fourth-order valence-corrected chi connectivity index (χ4v) is 4.99. The lowest BCUT2D eigenvalue weighted by atomic mass is 10.2. The molecule has 1 aliphatic rings. The number of nitriles is 1. The first-order valence-corrected chi connectivity index (χ1v) is 12.8. The molecule has 1 saturated heterocycles. The monoisotopic (exact) mass is 482 g/mol. The first-order valence-electron chi connectivity index (χ1n) is 11.0. The van der Waals surface area contributed by atoms with E-state index in [1.54, 1.807) is 23.0 Å². The smallest absolute Gasteiger partial charge is 0.255 e. The fourth-order valence-electron chi connectivity index (χ4n) is 3.72. The van der Waals surface area contributed by atoms with Crippen LogP contribution < -0.4 is 10.6 Å². The molecule has 4 rings (SSSR count). The van der Waals surface area contributed by atoms with Gasteiger partial charge in [-0.3, -0.25) is 9.69 Å². The van der Waals surface area contributed by atoms with E-state index in [1.165, 1.54) is 12.4 Å².